The fourth-order valence-electron chi connectivity index (χ4n) is 4.87. The molecule has 0 spiro atoms. The number of aliphatic imine (C=N–C) groups is 1. The molecule has 4 heterocycles. The molecular formula is C21H22FN5O4. The number of hydrogen-bond donors (Lipinski definition) is 0. The van der Waals surface area contributed by atoms with Gasteiger partial charge < -0.3 is 18.9 Å². The molecule has 2 aromatic rings. The van der Waals surface area contributed by atoms with Gasteiger partial charge in [-0.3, -0.25) is 14.7 Å². The van der Waals surface area contributed by atoms with E-state index in [4.69, 9.17) is 14.0 Å². The Morgan fingerprint density at radius 2 is 2.13 bits per heavy atom. The number of ether oxygens (including phenoxy) is 2. The third kappa shape index (κ3) is 2.54. The maximum Gasteiger partial charge on any atom is 0.255 e. The molecule has 31 heavy (non-hydrogen) atoms. The molecule has 1 aliphatic carbocycles. The fraction of sp³-hybridized carbons (Fsp3) is 0.524. The minimum Gasteiger partial charge on any atom is -0.370 e. The lowest BCUT2D eigenvalue weighted by Crippen LogP contribution is -2.60. The van der Waals surface area contributed by atoms with Crippen molar-refractivity contribution in [3.05, 3.63) is 35.7 Å². The second-order valence-corrected chi connectivity index (χ2v) is 8.62. The maximum atomic E-state index is 15.0. The number of halogens is 1. The Kier molecular flexibility index (Phi) is 3.86. The van der Waals surface area contributed by atoms with Crippen LogP contribution in [0.5, 0.6) is 0 Å². The van der Waals surface area contributed by atoms with Crippen LogP contribution in [0.2, 0.25) is 0 Å². The molecule has 0 radical (unpaired) electrons. The van der Waals surface area contributed by atoms with Gasteiger partial charge in [0, 0.05) is 13.7 Å². The molecule has 1 saturated heterocycles. The Labute approximate surface area is 177 Å². The predicted octanol–water partition coefficient (Wildman–Crippen LogP) is 2.68. The summed E-state index contributed by atoms with van der Waals surface area (Å²) in [7, 11) is 1.62. The Morgan fingerprint density at radius 3 is 2.84 bits per heavy atom. The summed E-state index contributed by atoms with van der Waals surface area (Å²) in [6, 6.07) is 3.29. The van der Waals surface area contributed by atoms with Crippen molar-refractivity contribution in [2.75, 3.05) is 23.5 Å². The number of aromatic nitrogens is 2. The first-order valence-electron chi connectivity index (χ1n) is 10.4. The molecule has 0 bridgehead atoms. The van der Waals surface area contributed by atoms with E-state index in [9.17, 15) is 4.79 Å². The van der Waals surface area contributed by atoms with Crippen LogP contribution in [-0.4, -0.2) is 47.9 Å². The average Bonchev–Trinajstić information content (AvgIpc) is 3.13. The Hall–Kier alpha value is -2.85. The second kappa shape index (κ2) is 6.33. The highest BCUT2D eigenvalue weighted by Crippen LogP contribution is 2.50. The van der Waals surface area contributed by atoms with E-state index in [0.717, 1.165) is 19.3 Å². The molecule has 10 heteroatoms. The van der Waals surface area contributed by atoms with Crippen molar-refractivity contribution in [1.82, 2.24) is 10.1 Å². The van der Waals surface area contributed by atoms with Crippen LogP contribution in [-0.2, 0) is 19.9 Å². The van der Waals surface area contributed by atoms with Crippen molar-refractivity contribution >= 4 is 23.6 Å². The molecule has 3 aliphatic heterocycles. The standard InChI is InChI=1S/C21H22FN5O4/c1-20(7-4-10-30-20)27-15-12(22)5-3-6-13(15)26-11-23-14(16(26)18(27)28)17-24-19(25-31-17)21(29-2)8-9-21/h3,5-6,11,14,16H,4,7-10H2,1-2H3. The molecule has 3 atom stereocenters. The zero-order valence-electron chi connectivity index (χ0n) is 17.2. The molecule has 1 aromatic heterocycles. The highest BCUT2D eigenvalue weighted by molar-refractivity contribution is 6.12. The number of rotatable bonds is 4. The van der Waals surface area contributed by atoms with Gasteiger partial charge in [0.2, 0.25) is 5.82 Å². The summed E-state index contributed by atoms with van der Waals surface area (Å²) >= 11 is 0. The zero-order valence-corrected chi connectivity index (χ0v) is 17.2. The summed E-state index contributed by atoms with van der Waals surface area (Å²) in [5, 5.41) is 4.08. The molecule has 3 unspecified atom stereocenters. The van der Waals surface area contributed by atoms with E-state index < -0.39 is 29.2 Å². The molecule has 6 rings (SSSR count). The maximum absolute atomic E-state index is 15.0. The summed E-state index contributed by atoms with van der Waals surface area (Å²) in [6.45, 7) is 2.35. The largest absolute Gasteiger partial charge is 0.370 e. The number of para-hydroxylation sites is 1. The van der Waals surface area contributed by atoms with E-state index in [0.29, 0.717) is 24.5 Å². The summed E-state index contributed by atoms with van der Waals surface area (Å²) in [6.07, 6.45) is 4.60. The molecule has 1 saturated carbocycles. The summed E-state index contributed by atoms with van der Waals surface area (Å²) < 4.78 is 32.0. The van der Waals surface area contributed by atoms with E-state index in [-0.39, 0.29) is 17.5 Å². The van der Waals surface area contributed by atoms with Crippen LogP contribution in [0.15, 0.2) is 27.7 Å². The molecule has 1 aromatic carbocycles. The van der Waals surface area contributed by atoms with Gasteiger partial charge in [0.1, 0.15) is 28.9 Å². The molecule has 2 fully saturated rings. The highest BCUT2D eigenvalue weighted by atomic mass is 19.1. The van der Waals surface area contributed by atoms with E-state index in [2.05, 4.69) is 15.1 Å². The number of carbonyl (C=O) groups is 1. The lowest BCUT2D eigenvalue weighted by Gasteiger charge is -2.45. The first-order chi connectivity index (χ1) is 15.0. The van der Waals surface area contributed by atoms with Gasteiger partial charge in [-0.2, -0.15) is 4.98 Å². The quantitative estimate of drug-likeness (QED) is 0.741. The topological polar surface area (TPSA) is 93.3 Å². The van der Waals surface area contributed by atoms with Crippen LogP contribution in [0.25, 0.3) is 0 Å². The number of anilines is 2. The van der Waals surface area contributed by atoms with Crippen molar-refractivity contribution < 1.29 is 23.2 Å². The van der Waals surface area contributed by atoms with Crippen LogP contribution >= 0.6 is 0 Å². The van der Waals surface area contributed by atoms with Gasteiger partial charge in [-0.15, -0.1) is 0 Å². The first kappa shape index (κ1) is 18.9. The van der Waals surface area contributed by atoms with Crippen LogP contribution < -0.4 is 9.80 Å². The normalized spacial score (nSPS) is 30.6. The van der Waals surface area contributed by atoms with Crippen molar-refractivity contribution in [1.29, 1.82) is 0 Å². The van der Waals surface area contributed by atoms with Crippen molar-refractivity contribution in [2.45, 2.75) is 56.0 Å². The Balaban J connectivity index is 1.43. The van der Waals surface area contributed by atoms with Gasteiger partial charge in [0.25, 0.3) is 11.8 Å². The van der Waals surface area contributed by atoms with Gasteiger partial charge >= 0.3 is 0 Å². The minimum absolute atomic E-state index is 0.211. The van der Waals surface area contributed by atoms with Crippen molar-refractivity contribution in [3.63, 3.8) is 0 Å². The monoisotopic (exact) mass is 427 g/mol. The minimum atomic E-state index is -0.929. The van der Waals surface area contributed by atoms with E-state index >= 15 is 4.39 Å². The summed E-state index contributed by atoms with van der Waals surface area (Å²) in [4.78, 5) is 26.0. The number of nitrogens with zero attached hydrogens (tertiary/aromatic N) is 5. The number of amides is 1. The molecule has 9 nitrogen and oxygen atoms in total. The van der Waals surface area contributed by atoms with Crippen LogP contribution in [0.1, 0.15) is 50.4 Å². The molecule has 0 N–H and O–H groups in total. The Morgan fingerprint density at radius 1 is 1.29 bits per heavy atom. The zero-order chi connectivity index (χ0) is 21.4. The SMILES string of the molecule is COC1(c2noc(C3N=CN4c5cccc(F)c5N(C5(C)CCCO5)C(=O)C34)n2)CC1. The van der Waals surface area contributed by atoms with Gasteiger partial charge in [-0.1, -0.05) is 11.2 Å². The van der Waals surface area contributed by atoms with E-state index in [1.807, 2.05) is 6.92 Å². The van der Waals surface area contributed by atoms with Gasteiger partial charge in [0.15, 0.2) is 6.04 Å². The number of carbonyl (C=O) groups excluding carboxylic acids is 1. The number of fused-ring (bicyclic) bond motifs is 3. The van der Waals surface area contributed by atoms with Crippen LogP contribution in [0.3, 0.4) is 0 Å². The third-order valence-corrected chi connectivity index (χ3v) is 6.76. The highest BCUT2D eigenvalue weighted by Gasteiger charge is 2.55. The van der Waals surface area contributed by atoms with Crippen LogP contribution in [0.4, 0.5) is 15.8 Å². The second-order valence-electron chi connectivity index (χ2n) is 8.62. The lowest BCUT2D eigenvalue weighted by molar-refractivity contribution is -0.125. The Bertz CT molecular complexity index is 1090. The third-order valence-electron chi connectivity index (χ3n) is 6.76. The fourth-order valence-corrected chi connectivity index (χ4v) is 4.87. The summed E-state index contributed by atoms with van der Waals surface area (Å²) in [5.74, 6) is -0.0742. The van der Waals surface area contributed by atoms with Gasteiger partial charge in [-0.25, -0.2) is 4.39 Å². The van der Waals surface area contributed by atoms with Crippen molar-refractivity contribution in [3.8, 4) is 0 Å². The van der Waals surface area contributed by atoms with E-state index in [1.54, 1.807) is 30.5 Å². The molecule has 162 valence electrons. The van der Waals surface area contributed by atoms with Crippen molar-refractivity contribution in [2.24, 2.45) is 4.99 Å². The number of methoxy groups -OCH3 is 1. The van der Waals surface area contributed by atoms with Gasteiger partial charge in [0.05, 0.1) is 12.0 Å². The first-order valence-corrected chi connectivity index (χ1v) is 10.4. The number of benzene rings is 1. The molecule has 1 amide bonds. The molecular weight excluding hydrogens is 405 g/mol. The molecule has 4 aliphatic rings. The lowest BCUT2D eigenvalue weighted by atomic mass is 9.97. The van der Waals surface area contributed by atoms with E-state index in [1.165, 1.54) is 11.0 Å². The van der Waals surface area contributed by atoms with Crippen LogP contribution in [0, 0.1) is 5.82 Å². The van der Waals surface area contributed by atoms with Gasteiger partial charge in [-0.05, 0) is 44.7 Å². The number of hydrogen-bond acceptors (Lipinski definition) is 8. The average molecular weight is 427 g/mol. The smallest absolute Gasteiger partial charge is 0.255 e. The summed E-state index contributed by atoms with van der Waals surface area (Å²) in [5.41, 5.74) is -0.667. The predicted molar refractivity (Wildman–Crippen MR) is 107 cm³/mol.